The Hall–Kier alpha value is -4.49. The SMILES string of the molecule is CC(C#N)=CC=Cc1ccccc1.O=C1C=CC(=O)N1c1ccccc1.c1ccccc1. The molecule has 1 aliphatic rings. The molecule has 4 rings (SSSR count). The van der Waals surface area contributed by atoms with Crippen LogP contribution in [-0.4, -0.2) is 11.8 Å². The van der Waals surface area contributed by atoms with E-state index < -0.39 is 0 Å². The van der Waals surface area contributed by atoms with Crippen LogP contribution in [0.15, 0.2) is 127 Å². The number of carbonyl (C=O) groups is 2. The molecular formula is C28H24N2O2. The summed E-state index contributed by atoms with van der Waals surface area (Å²) in [5, 5.41) is 8.48. The molecular weight excluding hydrogens is 396 g/mol. The first-order valence-corrected chi connectivity index (χ1v) is 10.0. The maximum atomic E-state index is 11.2. The molecule has 3 aromatic rings. The predicted molar refractivity (Wildman–Crippen MR) is 129 cm³/mol. The standard InChI is InChI=1S/C12H11N.C10H7NO2.C6H6/c1-11(10-13)6-5-9-12-7-3-2-4-8-12;12-9-6-7-10(13)11(9)8-4-2-1-3-5-8;1-2-4-6-5-3-1/h2-9H,1H3;1-7H;1-6H. The molecule has 0 bridgehead atoms. The van der Waals surface area contributed by atoms with Crippen molar-refractivity contribution in [3.63, 3.8) is 0 Å². The first-order valence-electron chi connectivity index (χ1n) is 10.0. The van der Waals surface area contributed by atoms with Crippen LogP contribution in [0.2, 0.25) is 0 Å². The van der Waals surface area contributed by atoms with E-state index in [1.54, 1.807) is 37.3 Å². The smallest absolute Gasteiger partial charge is 0.258 e. The Bertz CT molecular complexity index is 1070. The van der Waals surface area contributed by atoms with Crippen molar-refractivity contribution in [2.45, 2.75) is 6.92 Å². The van der Waals surface area contributed by atoms with Gasteiger partial charge in [-0.05, 0) is 30.7 Å². The van der Waals surface area contributed by atoms with E-state index in [0.29, 0.717) is 11.3 Å². The van der Waals surface area contributed by atoms with Crippen LogP contribution in [0.25, 0.3) is 6.08 Å². The second kappa shape index (κ2) is 13.7. The number of para-hydroxylation sites is 1. The van der Waals surface area contributed by atoms with Gasteiger partial charge in [0.2, 0.25) is 0 Å². The van der Waals surface area contributed by atoms with Crippen LogP contribution in [-0.2, 0) is 9.59 Å². The molecule has 4 nitrogen and oxygen atoms in total. The van der Waals surface area contributed by atoms with Crippen molar-refractivity contribution in [2.75, 3.05) is 4.90 Å². The number of benzene rings is 3. The molecule has 0 N–H and O–H groups in total. The summed E-state index contributed by atoms with van der Waals surface area (Å²) in [6, 6.07) is 32.9. The van der Waals surface area contributed by atoms with E-state index in [4.69, 9.17) is 5.26 Å². The molecule has 0 spiro atoms. The summed E-state index contributed by atoms with van der Waals surface area (Å²) in [5.74, 6) is -0.563. The van der Waals surface area contributed by atoms with Crippen LogP contribution in [0.4, 0.5) is 5.69 Å². The van der Waals surface area contributed by atoms with Crippen LogP contribution >= 0.6 is 0 Å². The van der Waals surface area contributed by atoms with Crippen molar-refractivity contribution >= 4 is 23.6 Å². The highest BCUT2D eigenvalue weighted by Gasteiger charge is 2.24. The molecule has 4 heteroatoms. The molecule has 1 aliphatic heterocycles. The molecule has 0 saturated heterocycles. The van der Waals surface area contributed by atoms with Gasteiger partial charge >= 0.3 is 0 Å². The van der Waals surface area contributed by atoms with Crippen LogP contribution in [0.3, 0.4) is 0 Å². The van der Waals surface area contributed by atoms with Crippen LogP contribution in [0.5, 0.6) is 0 Å². The van der Waals surface area contributed by atoms with E-state index in [1.165, 1.54) is 12.2 Å². The van der Waals surface area contributed by atoms with Crippen LogP contribution in [0, 0.1) is 11.3 Å². The summed E-state index contributed by atoms with van der Waals surface area (Å²) in [4.78, 5) is 23.5. The summed E-state index contributed by atoms with van der Waals surface area (Å²) in [6.45, 7) is 1.79. The third-order valence-corrected chi connectivity index (χ3v) is 4.10. The second-order valence-electron chi connectivity index (χ2n) is 6.57. The zero-order valence-electron chi connectivity index (χ0n) is 17.8. The topological polar surface area (TPSA) is 61.2 Å². The summed E-state index contributed by atoms with van der Waals surface area (Å²) in [5.41, 5.74) is 2.47. The number of imide groups is 1. The highest BCUT2D eigenvalue weighted by atomic mass is 16.2. The Labute approximate surface area is 189 Å². The average Bonchev–Trinajstić information content (AvgIpc) is 3.20. The van der Waals surface area contributed by atoms with E-state index in [9.17, 15) is 9.59 Å². The van der Waals surface area contributed by atoms with E-state index in [2.05, 4.69) is 6.07 Å². The van der Waals surface area contributed by atoms with Gasteiger partial charge in [-0.1, -0.05) is 97.1 Å². The number of rotatable bonds is 3. The average molecular weight is 421 g/mol. The molecule has 3 aromatic carbocycles. The monoisotopic (exact) mass is 420 g/mol. The number of allylic oxidation sites excluding steroid dienone is 3. The zero-order valence-corrected chi connectivity index (χ0v) is 17.8. The lowest BCUT2D eigenvalue weighted by Gasteiger charge is -2.12. The molecule has 0 unspecified atom stereocenters. The minimum Gasteiger partial charge on any atom is -0.269 e. The van der Waals surface area contributed by atoms with Crippen molar-refractivity contribution in [3.05, 3.63) is 133 Å². The van der Waals surface area contributed by atoms with Crippen molar-refractivity contribution in [1.29, 1.82) is 5.26 Å². The number of anilines is 1. The lowest BCUT2D eigenvalue weighted by atomic mass is 10.2. The van der Waals surface area contributed by atoms with Crippen molar-refractivity contribution in [2.24, 2.45) is 0 Å². The zero-order chi connectivity index (χ0) is 23.0. The molecule has 0 fully saturated rings. The Kier molecular flexibility index (Phi) is 10.2. The highest BCUT2D eigenvalue weighted by Crippen LogP contribution is 2.17. The van der Waals surface area contributed by atoms with Gasteiger partial charge in [-0.25, -0.2) is 4.90 Å². The number of amides is 2. The fourth-order valence-corrected chi connectivity index (χ4v) is 2.52. The summed E-state index contributed by atoms with van der Waals surface area (Å²) >= 11 is 0. The number of carbonyl (C=O) groups excluding carboxylic acids is 2. The molecule has 2 amide bonds. The molecule has 32 heavy (non-hydrogen) atoms. The Morgan fingerprint density at radius 2 is 1.19 bits per heavy atom. The molecule has 0 saturated carbocycles. The number of nitrogens with zero attached hydrogens (tertiary/aromatic N) is 2. The maximum absolute atomic E-state index is 11.2. The van der Waals surface area contributed by atoms with Crippen LogP contribution < -0.4 is 4.90 Å². The van der Waals surface area contributed by atoms with Gasteiger partial charge in [-0.3, -0.25) is 9.59 Å². The number of nitriles is 1. The molecule has 158 valence electrons. The Morgan fingerprint density at radius 3 is 1.66 bits per heavy atom. The first kappa shape index (κ1) is 23.8. The van der Waals surface area contributed by atoms with E-state index in [-0.39, 0.29) is 11.8 Å². The van der Waals surface area contributed by atoms with Gasteiger partial charge in [-0.2, -0.15) is 5.26 Å². The number of hydrogen-bond donors (Lipinski definition) is 0. The minimum atomic E-state index is -0.281. The van der Waals surface area contributed by atoms with E-state index >= 15 is 0 Å². The van der Waals surface area contributed by atoms with Gasteiger partial charge in [0.15, 0.2) is 0 Å². The Morgan fingerprint density at radius 1 is 0.750 bits per heavy atom. The highest BCUT2D eigenvalue weighted by molar-refractivity contribution is 6.28. The number of hydrogen-bond acceptors (Lipinski definition) is 3. The van der Waals surface area contributed by atoms with Gasteiger partial charge in [0.05, 0.1) is 11.8 Å². The predicted octanol–water partition coefficient (Wildman–Crippen LogP) is 5.97. The molecule has 0 atom stereocenters. The lowest BCUT2D eigenvalue weighted by Crippen LogP contribution is -2.29. The van der Waals surface area contributed by atoms with E-state index in [1.807, 2.05) is 84.9 Å². The van der Waals surface area contributed by atoms with Crippen LogP contribution in [0.1, 0.15) is 12.5 Å². The summed E-state index contributed by atoms with van der Waals surface area (Å²) < 4.78 is 0. The van der Waals surface area contributed by atoms with Gasteiger partial charge < -0.3 is 0 Å². The fourth-order valence-electron chi connectivity index (χ4n) is 2.52. The third-order valence-electron chi connectivity index (χ3n) is 4.10. The third kappa shape index (κ3) is 8.48. The second-order valence-corrected chi connectivity index (χ2v) is 6.57. The van der Waals surface area contributed by atoms with Gasteiger partial charge in [0, 0.05) is 17.7 Å². The maximum Gasteiger partial charge on any atom is 0.258 e. The molecule has 1 heterocycles. The Balaban J connectivity index is 0.000000182. The van der Waals surface area contributed by atoms with Gasteiger partial charge in [0.25, 0.3) is 11.8 Å². The fraction of sp³-hybridized carbons (Fsp3) is 0.0357. The van der Waals surface area contributed by atoms with Crippen molar-refractivity contribution < 1.29 is 9.59 Å². The normalized spacial score (nSPS) is 12.5. The van der Waals surface area contributed by atoms with Gasteiger partial charge in [-0.15, -0.1) is 0 Å². The molecule has 0 aliphatic carbocycles. The first-order chi connectivity index (χ1) is 15.6. The molecule has 0 radical (unpaired) electrons. The van der Waals surface area contributed by atoms with Gasteiger partial charge in [0.1, 0.15) is 0 Å². The lowest BCUT2D eigenvalue weighted by molar-refractivity contribution is -0.119. The summed E-state index contributed by atoms with van der Waals surface area (Å²) in [7, 11) is 0. The quantitative estimate of drug-likeness (QED) is 0.298. The minimum absolute atomic E-state index is 0.281. The van der Waals surface area contributed by atoms with E-state index in [0.717, 1.165) is 10.5 Å². The molecule has 0 aromatic heterocycles. The largest absolute Gasteiger partial charge is 0.269 e. The van der Waals surface area contributed by atoms with Crippen molar-refractivity contribution in [3.8, 4) is 6.07 Å². The van der Waals surface area contributed by atoms with Crippen molar-refractivity contribution in [1.82, 2.24) is 0 Å². The summed E-state index contributed by atoms with van der Waals surface area (Å²) in [6.07, 6.45) is 8.20.